The van der Waals surface area contributed by atoms with Crippen molar-refractivity contribution in [1.29, 1.82) is 0 Å². The lowest BCUT2D eigenvalue weighted by Crippen LogP contribution is -2.40. The number of aromatic nitrogens is 3. The fraction of sp³-hybridized carbons (Fsp3) is 0.750. The summed E-state index contributed by atoms with van der Waals surface area (Å²) >= 11 is 0. The van der Waals surface area contributed by atoms with Crippen molar-refractivity contribution in [2.75, 3.05) is 6.54 Å². The Balaban J connectivity index is 2.60. The molecule has 0 fully saturated rings. The molecule has 0 aliphatic rings. The molecule has 0 aliphatic heterocycles. The van der Waals surface area contributed by atoms with Crippen LogP contribution in [0.3, 0.4) is 0 Å². The van der Waals surface area contributed by atoms with Crippen LogP contribution in [0.4, 0.5) is 0 Å². The second-order valence-corrected chi connectivity index (χ2v) is 5.88. The highest BCUT2D eigenvalue weighted by Gasteiger charge is 2.21. The molecule has 6 nitrogen and oxygen atoms in total. The molecule has 1 unspecified atom stereocenters. The number of carbonyl (C=O) groups excluding carboxylic acids is 1. The van der Waals surface area contributed by atoms with Gasteiger partial charge in [-0.15, -0.1) is 5.10 Å². The zero-order valence-electron chi connectivity index (χ0n) is 11.7. The van der Waals surface area contributed by atoms with Gasteiger partial charge in [-0.1, -0.05) is 34.6 Å². The lowest BCUT2D eigenvalue weighted by atomic mass is 9.96. The van der Waals surface area contributed by atoms with Crippen molar-refractivity contribution in [1.82, 2.24) is 20.5 Å². The van der Waals surface area contributed by atoms with Gasteiger partial charge < -0.3 is 11.1 Å². The maximum Gasteiger partial charge on any atom is 0.291 e. The van der Waals surface area contributed by atoms with E-state index in [-0.39, 0.29) is 23.2 Å². The third kappa shape index (κ3) is 3.80. The molecule has 6 heteroatoms. The summed E-state index contributed by atoms with van der Waals surface area (Å²) in [5, 5.41) is 9.44. The Morgan fingerprint density at radius 1 is 1.44 bits per heavy atom. The Labute approximate surface area is 108 Å². The van der Waals surface area contributed by atoms with E-state index in [1.165, 1.54) is 0 Å². The maximum absolute atomic E-state index is 11.8. The van der Waals surface area contributed by atoms with Crippen LogP contribution in [-0.4, -0.2) is 33.7 Å². The molecule has 0 saturated carbocycles. The number of nitrogens with one attached hydrogen (secondary N) is 2. The highest BCUT2D eigenvalue weighted by molar-refractivity contribution is 5.90. The average molecular weight is 253 g/mol. The third-order valence-electron chi connectivity index (χ3n) is 2.75. The number of nitrogens with two attached hydrogens (primary N) is 1. The molecular weight excluding hydrogens is 230 g/mol. The molecule has 1 aromatic heterocycles. The van der Waals surface area contributed by atoms with Crippen molar-refractivity contribution >= 4 is 5.91 Å². The Morgan fingerprint density at radius 3 is 2.50 bits per heavy atom. The first kappa shape index (κ1) is 14.6. The Hall–Kier alpha value is -1.43. The third-order valence-corrected chi connectivity index (χ3v) is 2.75. The van der Waals surface area contributed by atoms with Gasteiger partial charge >= 0.3 is 0 Å². The van der Waals surface area contributed by atoms with Crippen molar-refractivity contribution in [2.45, 2.75) is 46.1 Å². The minimum atomic E-state index is -0.294. The van der Waals surface area contributed by atoms with E-state index in [2.05, 4.69) is 20.5 Å². The smallest absolute Gasteiger partial charge is 0.291 e. The molecule has 1 rings (SSSR count). The molecule has 1 amide bonds. The fourth-order valence-corrected chi connectivity index (χ4v) is 1.22. The summed E-state index contributed by atoms with van der Waals surface area (Å²) in [5.41, 5.74) is 5.70. The van der Waals surface area contributed by atoms with Gasteiger partial charge in [0.15, 0.2) is 0 Å². The molecule has 1 aromatic rings. The summed E-state index contributed by atoms with van der Waals surface area (Å²) in [6.07, 6.45) is 0. The van der Waals surface area contributed by atoms with E-state index in [1.54, 1.807) is 0 Å². The van der Waals surface area contributed by atoms with Gasteiger partial charge in [0.05, 0.1) is 0 Å². The van der Waals surface area contributed by atoms with Crippen molar-refractivity contribution in [3.63, 3.8) is 0 Å². The van der Waals surface area contributed by atoms with Gasteiger partial charge in [-0.2, -0.15) is 0 Å². The summed E-state index contributed by atoms with van der Waals surface area (Å²) in [6, 6.07) is -0.0602. The Kier molecular flexibility index (Phi) is 4.45. The summed E-state index contributed by atoms with van der Waals surface area (Å²) in [6.45, 7) is 10.5. The molecule has 0 radical (unpaired) electrons. The van der Waals surface area contributed by atoms with E-state index in [0.29, 0.717) is 18.3 Å². The van der Waals surface area contributed by atoms with Gasteiger partial charge in [-0.3, -0.25) is 9.89 Å². The predicted molar refractivity (Wildman–Crippen MR) is 70.2 cm³/mol. The molecule has 0 bridgehead atoms. The summed E-state index contributed by atoms with van der Waals surface area (Å²) in [4.78, 5) is 16.0. The van der Waals surface area contributed by atoms with Crippen molar-refractivity contribution in [2.24, 2.45) is 11.7 Å². The van der Waals surface area contributed by atoms with Crippen molar-refractivity contribution in [3.8, 4) is 0 Å². The number of H-pyrrole nitrogens is 1. The van der Waals surface area contributed by atoms with Gasteiger partial charge in [0, 0.05) is 18.0 Å². The Morgan fingerprint density at radius 2 is 2.06 bits per heavy atom. The molecule has 0 saturated heterocycles. The number of hydrogen-bond acceptors (Lipinski definition) is 4. The molecule has 1 heterocycles. The van der Waals surface area contributed by atoms with Gasteiger partial charge in [0.1, 0.15) is 5.82 Å². The number of rotatable bonds is 4. The van der Waals surface area contributed by atoms with E-state index in [0.717, 1.165) is 0 Å². The SMILES string of the molecule is CC(C)C(N)CNC(=O)c1n[nH]c(C(C)(C)C)n1. The Bertz CT molecular complexity index is 405. The van der Waals surface area contributed by atoms with Crippen LogP contribution in [0.25, 0.3) is 0 Å². The zero-order valence-corrected chi connectivity index (χ0v) is 11.7. The van der Waals surface area contributed by atoms with Crippen LogP contribution in [0.2, 0.25) is 0 Å². The number of amides is 1. The summed E-state index contributed by atoms with van der Waals surface area (Å²) < 4.78 is 0. The first-order valence-electron chi connectivity index (χ1n) is 6.18. The van der Waals surface area contributed by atoms with Gasteiger partial charge in [0.2, 0.25) is 5.82 Å². The molecule has 102 valence electrons. The topological polar surface area (TPSA) is 96.7 Å². The number of hydrogen-bond donors (Lipinski definition) is 3. The normalized spacial score (nSPS) is 13.7. The summed E-state index contributed by atoms with van der Waals surface area (Å²) in [5.74, 6) is 0.886. The van der Waals surface area contributed by atoms with E-state index >= 15 is 0 Å². The van der Waals surface area contributed by atoms with E-state index in [4.69, 9.17) is 5.73 Å². The van der Waals surface area contributed by atoms with Crippen LogP contribution in [-0.2, 0) is 5.41 Å². The second kappa shape index (κ2) is 5.48. The molecule has 4 N–H and O–H groups in total. The quantitative estimate of drug-likeness (QED) is 0.740. The molecule has 0 spiro atoms. The largest absolute Gasteiger partial charge is 0.348 e. The highest BCUT2D eigenvalue weighted by Crippen LogP contribution is 2.17. The van der Waals surface area contributed by atoms with Crippen LogP contribution in [0.15, 0.2) is 0 Å². The lowest BCUT2D eigenvalue weighted by Gasteiger charge is -2.15. The van der Waals surface area contributed by atoms with Crippen LogP contribution in [0.1, 0.15) is 51.1 Å². The molecule has 0 aliphatic carbocycles. The minimum absolute atomic E-state index is 0.0602. The van der Waals surface area contributed by atoms with Gasteiger partial charge in [-0.25, -0.2) is 4.98 Å². The average Bonchev–Trinajstić information content (AvgIpc) is 2.73. The monoisotopic (exact) mass is 253 g/mol. The zero-order chi connectivity index (χ0) is 13.9. The summed E-state index contributed by atoms with van der Waals surface area (Å²) in [7, 11) is 0. The van der Waals surface area contributed by atoms with Crippen LogP contribution in [0, 0.1) is 5.92 Å². The molecule has 18 heavy (non-hydrogen) atoms. The van der Waals surface area contributed by atoms with Gasteiger partial charge in [0.25, 0.3) is 5.91 Å². The predicted octanol–water partition coefficient (Wildman–Crippen LogP) is 0.815. The van der Waals surface area contributed by atoms with Gasteiger partial charge in [-0.05, 0) is 5.92 Å². The maximum atomic E-state index is 11.8. The first-order chi connectivity index (χ1) is 8.21. The first-order valence-corrected chi connectivity index (χ1v) is 6.18. The standard InChI is InChI=1S/C12H23N5O/c1-7(2)8(13)6-14-10(18)9-15-11(17-16-9)12(3,4)5/h7-8H,6,13H2,1-5H3,(H,14,18)(H,15,16,17). The number of aromatic amines is 1. The van der Waals surface area contributed by atoms with Crippen LogP contribution in [0.5, 0.6) is 0 Å². The number of carbonyl (C=O) groups is 1. The van der Waals surface area contributed by atoms with E-state index < -0.39 is 0 Å². The fourth-order valence-electron chi connectivity index (χ4n) is 1.22. The molecular formula is C12H23N5O. The molecule has 1 atom stereocenters. The molecule has 0 aromatic carbocycles. The highest BCUT2D eigenvalue weighted by atomic mass is 16.2. The van der Waals surface area contributed by atoms with Crippen LogP contribution >= 0.6 is 0 Å². The minimum Gasteiger partial charge on any atom is -0.348 e. The van der Waals surface area contributed by atoms with Crippen LogP contribution < -0.4 is 11.1 Å². The van der Waals surface area contributed by atoms with E-state index in [9.17, 15) is 4.79 Å². The number of nitrogens with zero attached hydrogens (tertiary/aromatic N) is 2. The van der Waals surface area contributed by atoms with Crippen molar-refractivity contribution < 1.29 is 4.79 Å². The van der Waals surface area contributed by atoms with Crippen molar-refractivity contribution in [3.05, 3.63) is 11.6 Å². The lowest BCUT2D eigenvalue weighted by molar-refractivity contribution is 0.0939. The van der Waals surface area contributed by atoms with E-state index in [1.807, 2.05) is 34.6 Å². The second-order valence-electron chi connectivity index (χ2n) is 5.88.